The number of nitrogens with one attached hydrogen (secondary N) is 2. The molecule has 34 heavy (non-hydrogen) atoms. The smallest absolute Gasteiger partial charge is 0.262 e. The van der Waals surface area contributed by atoms with Crippen LogP contribution in [0.4, 0.5) is 5.00 Å². The van der Waals surface area contributed by atoms with Gasteiger partial charge in [0, 0.05) is 18.0 Å². The zero-order chi connectivity index (χ0) is 24.2. The van der Waals surface area contributed by atoms with Crippen molar-refractivity contribution < 1.29 is 14.1 Å². The lowest BCUT2D eigenvalue weighted by Crippen LogP contribution is -2.31. The molecular formula is C24H22ClN5O3S. The maximum Gasteiger partial charge on any atom is 0.262 e. The lowest BCUT2D eigenvalue weighted by molar-refractivity contribution is 0.0917. The summed E-state index contributed by atoms with van der Waals surface area (Å²) < 4.78 is 5.47. The van der Waals surface area contributed by atoms with Crippen molar-refractivity contribution in [2.45, 2.75) is 26.8 Å². The average Bonchev–Trinajstić information content (AvgIpc) is 3.45. The summed E-state index contributed by atoms with van der Waals surface area (Å²) in [6.45, 7) is 5.73. The molecule has 174 valence electrons. The van der Waals surface area contributed by atoms with Gasteiger partial charge in [0.15, 0.2) is 0 Å². The van der Waals surface area contributed by atoms with Crippen LogP contribution in [-0.4, -0.2) is 26.9 Å². The SMILES string of the molecule is Cc1cc(NC(=O)c2ccccc2Cl)sc1C(=O)NC(c1nc(-c2ccncc2)no1)C(C)C. The zero-order valence-corrected chi connectivity index (χ0v) is 20.3. The average molecular weight is 496 g/mol. The molecule has 8 nitrogen and oxygen atoms in total. The van der Waals surface area contributed by atoms with E-state index >= 15 is 0 Å². The first-order valence-corrected chi connectivity index (χ1v) is 11.7. The van der Waals surface area contributed by atoms with E-state index in [-0.39, 0.29) is 17.7 Å². The summed E-state index contributed by atoms with van der Waals surface area (Å²) in [6, 6.07) is 11.6. The maximum absolute atomic E-state index is 13.1. The Kier molecular flexibility index (Phi) is 7.04. The minimum atomic E-state index is -0.488. The molecule has 3 aromatic heterocycles. The molecule has 0 aliphatic heterocycles. The molecule has 0 saturated heterocycles. The van der Waals surface area contributed by atoms with E-state index in [1.165, 1.54) is 11.3 Å². The van der Waals surface area contributed by atoms with Crippen molar-refractivity contribution in [3.05, 3.63) is 81.8 Å². The number of anilines is 1. The summed E-state index contributed by atoms with van der Waals surface area (Å²) in [6.07, 6.45) is 3.30. The molecule has 4 rings (SSSR count). The first-order valence-electron chi connectivity index (χ1n) is 10.5. The predicted octanol–water partition coefficient (Wildman–Crippen LogP) is 5.53. The van der Waals surface area contributed by atoms with Crippen molar-refractivity contribution in [1.82, 2.24) is 20.4 Å². The molecule has 0 aliphatic carbocycles. The van der Waals surface area contributed by atoms with Crippen LogP contribution >= 0.6 is 22.9 Å². The first kappa shape index (κ1) is 23.6. The Hall–Kier alpha value is -3.56. The number of carbonyl (C=O) groups is 2. The Morgan fingerprint density at radius 2 is 1.82 bits per heavy atom. The number of pyridine rings is 1. The Labute approximate surface area is 205 Å². The molecule has 0 fully saturated rings. The third-order valence-electron chi connectivity index (χ3n) is 5.08. The molecule has 0 saturated carbocycles. The van der Waals surface area contributed by atoms with Gasteiger partial charge in [0.2, 0.25) is 11.7 Å². The van der Waals surface area contributed by atoms with Crippen LogP contribution in [-0.2, 0) is 0 Å². The lowest BCUT2D eigenvalue weighted by Gasteiger charge is -2.18. The van der Waals surface area contributed by atoms with Crippen molar-refractivity contribution in [3.8, 4) is 11.4 Å². The van der Waals surface area contributed by atoms with Gasteiger partial charge in [-0.1, -0.05) is 42.7 Å². The van der Waals surface area contributed by atoms with Gasteiger partial charge in [-0.15, -0.1) is 11.3 Å². The highest BCUT2D eigenvalue weighted by molar-refractivity contribution is 7.18. The van der Waals surface area contributed by atoms with Gasteiger partial charge in [0.1, 0.15) is 6.04 Å². The Bertz CT molecular complexity index is 1320. The number of thiophene rings is 1. The van der Waals surface area contributed by atoms with Crippen molar-refractivity contribution in [1.29, 1.82) is 0 Å². The number of carbonyl (C=O) groups excluding carboxylic acids is 2. The summed E-state index contributed by atoms with van der Waals surface area (Å²) >= 11 is 7.30. The molecule has 2 amide bonds. The Balaban J connectivity index is 1.50. The summed E-state index contributed by atoms with van der Waals surface area (Å²) in [5, 5.41) is 10.7. The van der Waals surface area contributed by atoms with Crippen LogP contribution in [0.1, 0.15) is 51.4 Å². The quantitative estimate of drug-likeness (QED) is 0.348. The van der Waals surface area contributed by atoms with Crippen LogP contribution in [0, 0.1) is 12.8 Å². The fraction of sp³-hybridized carbons (Fsp3) is 0.208. The third-order valence-corrected chi connectivity index (χ3v) is 6.56. The second kappa shape index (κ2) is 10.1. The maximum atomic E-state index is 13.1. The standard InChI is InChI=1S/C24H22ClN5O3S/c1-13(2)19(24-29-21(30-33-24)15-8-10-26-11-9-15)28-23(32)20-14(3)12-18(34-20)27-22(31)16-6-4-5-7-17(16)25/h4-13,19H,1-3H3,(H,27,31)(H,28,32). The van der Waals surface area contributed by atoms with E-state index in [4.69, 9.17) is 16.1 Å². The van der Waals surface area contributed by atoms with Crippen molar-refractivity contribution in [3.63, 3.8) is 0 Å². The van der Waals surface area contributed by atoms with Gasteiger partial charge in [-0.2, -0.15) is 4.98 Å². The highest BCUT2D eigenvalue weighted by Gasteiger charge is 2.27. The number of nitrogens with zero attached hydrogens (tertiary/aromatic N) is 3. The van der Waals surface area contributed by atoms with Crippen LogP contribution in [0.2, 0.25) is 5.02 Å². The fourth-order valence-corrected chi connectivity index (χ4v) is 4.49. The number of aryl methyl sites for hydroxylation is 1. The van der Waals surface area contributed by atoms with Crippen LogP contribution in [0.15, 0.2) is 59.4 Å². The number of halogens is 1. The zero-order valence-electron chi connectivity index (χ0n) is 18.7. The molecule has 0 spiro atoms. The van der Waals surface area contributed by atoms with Gasteiger partial charge in [-0.05, 0) is 48.7 Å². The summed E-state index contributed by atoms with van der Waals surface area (Å²) in [5.74, 6) is 0.108. The number of rotatable bonds is 7. The molecule has 0 aliphatic rings. The van der Waals surface area contributed by atoms with Gasteiger partial charge >= 0.3 is 0 Å². The summed E-state index contributed by atoms with van der Waals surface area (Å²) in [4.78, 5) is 34.6. The predicted molar refractivity (Wildman–Crippen MR) is 131 cm³/mol. The van der Waals surface area contributed by atoms with Gasteiger partial charge in [-0.25, -0.2) is 0 Å². The fourth-order valence-electron chi connectivity index (χ4n) is 3.29. The molecule has 10 heteroatoms. The largest absolute Gasteiger partial charge is 0.339 e. The lowest BCUT2D eigenvalue weighted by atomic mass is 10.0. The van der Waals surface area contributed by atoms with Crippen LogP contribution in [0.3, 0.4) is 0 Å². The molecule has 2 N–H and O–H groups in total. The molecule has 1 aromatic carbocycles. The van der Waals surface area contributed by atoms with E-state index in [0.29, 0.717) is 32.2 Å². The minimum absolute atomic E-state index is 0.00523. The Morgan fingerprint density at radius 1 is 1.09 bits per heavy atom. The summed E-state index contributed by atoms with van der Waals surface area (Å²) in [7, 11) is 0. The van der Waals surface area contributed by atoms with E-state index in [1.807, 2.05) is 20.8 Å². The van der Waals surface area contributed by atoms with E-state index in [1.54, 1.807) is 54.9 Å². The van der Waals surface area contributed by atoms with Crippen molar-refractivity contribution >= 4 is 39.8 Å². The monoisotopic (exact) mass is 495 g/mol. The first-order chi connectivity index (χ1) is 16.3. The van der Waals surface area contributed by atoms with Crippen LogP contribution in [0.25, 0.3) is 11.4 Å². The van der Waals surface area contributed by atoms with E-state index < -0.39 is 6.04 Å². The van der Waals surface area contributed by atoms with E-state index in [9.17, 15) is 9.59 Å². The topological polar surface area (TPSA) is 110 Å². The van der Waals surface area contributed by atoms with Gasteiger partial charge in [-0.3, -0.25) is 14.6 Å². The highest BCUT2D eigenvalue weighted by Crippen LogP contribution is 2.30. The molecule has 0 radical (unpaired) electrons. The second-order valence-electron chi connectivity index (χ2n) is 7.94. The van der Waals surface area contributed by atoms with E-state index in [2.05, 4.69) is 25.8 Å². The molecule has 1 unspecified atom stereocenters. The number of benzene rings is 1. The number of aromatic nitrogens is 3. The minimum Gasteiger partial charge on any atom is -0.339 e. The summed E-state index contributed by atoms with van der Waals surface area (Å²) in [5.41, 5.74) is 1.87. The van der Waals surface area contributed by atoms with Crippen molar-refractivity contribution in [2.75, 3.05) is 5.32 Å². The van der Waals surface area contributed by atoms with Crippen LogP contribution < -0.4 is 10.6 Å². The van der Waals surface area contributed by atoms with Gasteiger partial charge in [0.25, 0.3) is 11.8 Å². The molecule has 0 bridgehead atoms. The van der Waals surface area contributed by atoms with Gasteiger partial charge < -0.3 is 15.2 Å². The third kappa shape index (κ3) is 5.16. The van der Waals surface area contributed by atoms with Gasteiger partial charge in [0.05, 0.1) is 20.5 Å². The molecule has 4 aromatic rings. The second-order valence-corrected chi connectivity index (χ2v) is 9.40. The highest BCUT2D eigenvalue weighted by atomic mass is 35.5. The van der Waals surface area contributed by atoms with Crippen molar-refractivity contribution in [2.24, 2.45) is 5.92 Å². The molecule has 1 atom stereocenters. The molecular weight excluding hydrogens is 474 g/mol. The van der Waals surface area contributed by atoms with E-state index in [0.717, 1.165) is 11.1 Å². The molecule has 3 heterocycles. The number of hydrogen-bond donors (Lipinski definition) is 2. The normalized spacial score (nSPS) is 11.9. The Morgan fingerprint density at radius 3 is 2.53 bits per heavy atom. The number of amides is 2. The number of hydrogen-bond acceptors (Lipinski definition) is 7. The van der Waals surface area contributed by atoms with Crippen LogP contribution in [0.5, 0.6) is 0 Å².